The zero-order valence-electron chi connectivity index (χ0n) is 11.5. The molecule has 0 amide bonds. The second-order valence-corrected chi connectivity index (χ2v) is 9.50. The molecule has 0 fully saturated rings. The van der Waals surface area contributed by atoms with Gasteiger partial charge >= 0.3 is 21.7 Å². The minimum absolute atomic E-state index is 0. The van der Waals surface area contributed by atoms with Gasteiger partial charge in [-0.1, -0.05) is 58.9 Å². The summed E-state index contributed by atoms with van der Waals surface area (Å²) < 4.78 is 0. The van der Waals surface area contributed by atoms with Crippen molar-refractivity contribution in [3.8, 4) is 0 Å². The first-order valence-corrected chi connectivity index (χ1v) is 8.78. The van der Waals surface area contributed by atoms with E-state index in [0.29, 0.717) is 0 Å². The van der Waals surface area contributed by atoms with Crippen LogP contribution in [0.5, 0.6) is 0 Å². The first kappa shape index (κ1) is 20.8. The molecule has 18 heavy (non-hydrogen) atoms. The summed E-state index contributed by atoms with van der Waals surface area (Å²) >= 11 is 0. The average Bonchev–Trinajstić information content (AvgIpc) is 2.75. The van der Waals surface area contributed by atoms with Crippen molar-refractivity contribution in [3.63, 3.8) is 0 Å². The van der Waals surface area contributed by atoms with Gasteiger partial charge in [-0.3, -0.25) is 0 Å². The smallest absolute Gasteiger partial charge is 1.00 e. The van der Waals surface area contributed by atoms with E-state index in [-0.39, 0.29) is 46.5 Å². The van der Waals surface area contributed by atoms with Gasteiger partial charge in [0.15, 0.2) is 0 Å². The van der Waals surface area contributed by atoms with Crippen LogP contribution >= 0.6 is 0 Å². The molecule has 0 bridgehead atoms. The van der Waals surface area contributed by atoms with Crippen LogP contribution in [-0.4, -0.2) is 8.07 Å². The summed E-state index contributed by atoms with van der Waals surface area (Å²) in [4.78, 5) is 0. The third kappa shape index (κ3) is 3.74. The zero-order chi connectivity index (χ0) is 11.1. The molecule has 0 radical (unpaired) electrons. The maximum absolute atomic E-state index is 2.48. The quantitative estimate of drug-likeness (QED) is 0.530. The van der Waals surface area contributed by atoms with Crippen LogP contribution in [0.15, 0.2) is 45.8 Å². The fraction of sp³-hybridized carbons (Fsp3) is 0.429. The molecule has 0 nitrogen and oxygen atoms in total. The van der Waals surface area contributed by atoms with E-state index in [1.54, 1.807) is 16.0 Å². The van der Waals surface area contributed by atoms with Gasteiger partial charge in [-0.15, -0.1) is 0 Å². The van der Waals surface area contributed by atoms with Crippen LogP contribution < -0.4 is 24.8 Å². The molecular formula is C14H20Cl2SiTi. The van der Waals surface area contributed by atoms with E-state index in [0.717, 1.165) is 6.42 Å². The molecule has 2 rings (SSSR count). The maximum atomic E-state index is 2.48. The Balaban J connectivity index is 0. The van der Waals surface area contributed by atoms with E-state index in [1.807, 2.05) is 0 Å². The monoisotopic (exact) mass is 334 g/mol. The fourth-order valence-corrected chi connectivity index (χ4v) is 6.65. The molecule has 0 saturated carbocycles. The average molecular weight is 335 g/mol. The molecule has 0 aliphatic heterocycles. The van der Waals surface area contributed by atoms with Gasteiger partial charge in [0.2, 0.25) is 0 Å². The summed E-state index contributed by atoms with van der Waals surface area (Å²) in [5.74, 6) is 0. The Morgan fingerprint density at radius 1 is 1.06 bits per heavy atom. The van der Waals surface area contributed by atoms with Crippen LogP contribution in [0.3, 0.4) is 0 Å². The molecule has 0 N–H and O–H groups in total. The van der Waals surface area contributed by atoms with Gasteiger partial charge in [0.1, 0.15) is 8.07 Å². The largest absolute Gasteiger partial charge is 2.00 e. The third-order valence-electron chi connectivity index (χ3n) is 3.65. The summed E-state index contributed by atoms with van der Waals surface area (Å²) in [7, 11) is -1.38. The van der Waals surface area contributed by atoms with E-state index >= 15 is 0 Å². The Hall–Kier alpha value is 0.471. The summed E-state index contributed by atoms with van der Waals surface area (Å²) in [5.41, 5.74) is 3.13. The summed E-state index contributed by atoms with van der Waals surface area (Å²) in [6, 6.07) is 0. The van der Waals surface area contributed by atoms with Gasteiger partial charge in [0.05, 0.1) is 0 Å². The SMILES string of the molecule is CC1=CCC(C)=C1[Si](C)(C)C1=CCC=C1.[Cl-].[Cl-].[Ti+2]. The number of allylic oxidation sites excluding steroid dienone is 8. The van der Waals surface area contributed by atoms with Crippen molar-refractivity contribution in [1.29, 1.82) is 0 Å². The molecule has 4 heteroatoms. The van der Waals surface area contributed by atoms with Crippen LogP contribution in [0, 0.1) is 0 Å². The standard InChI is InChI=1S/C14H20Si.2ClH.Ti/c1-11-9-10-12(2)14(11)15(3,4)13-7-5-6-8-13;;;/h5,7-9H,6,10H2,1-4H3;2*1H;/q;;;+2/p-2. The molecule has 2 aliphatic rings. The Morgan fingerprint density at radius 3 is 2.06 bits per heavy atom. The number of rotatable bonds is 2. The molecule has 0 atom stereocenters. The van der Waals surface area contributed by atoms with Gasteiger partial charge in [-0.2, -0.15) is 0 Å². The van der Waals surface area contributed by atoms with Crippen LogP contribution in [0.4, 0.5) is 0 Å². The molecule has 0 saturated heterocycles. The topological polar surface area (TPSA) is 0 Å². The summed E-state index contributed by atoms with van der Waals surface area (Å²) in [6.07, 6.45) is 11.7. The fourth-order valence-electron chi connectivity index (χ4n) is 2.94. The van der Waals surface area contributed by atoms with Gasteiger partial charge in [0, 0.05) is 0 Å². The summed E-state index contributed by atoms with van der Waals surface area (Å²) in [5, 5.41) is 3.31. The van der Waals surface area contributed by atoms with Crippen molar-refractivity contribution in [3.05, 3.63) is 45.8 Å². The van der Waals surface area contributed by atoms with Crippen molar-refractivity contribution in [1.82, 2.24) is 0 Å². The van der Waals surface area contributed by atoms with Gasteiger partial charge in [-0.25, -0.2) is 0 Å². The van der Waals surface area contributed by atoms with Crippen LogP contribution in [0.25, 0.3) is 0 Å². The maximum Gasteiger partial charge on any atom is 2.00 e. The van der Waals surface area contributed by atoms with E-state index in [9.17, 15) is 0 Å². The molecule has 0 aromatic carbocycles. The van der Waals surface area contributed by atoms with E-state index in [1.165, 1.54) is 12.0 Å². The van der Waals surface area contributed by atoms with Gasteiger partial charge < -0.3 is 24.8 Å². The van der Waals surface area contributed by atoms with E-state index in [2.05, 4.69) is 51.2 Å². The molecular weight excluding hydrogens is 315 g/mol. The molecule has 0 heterocycles. The zero-order valence-corrected chi connectivity index (χ0v) is 15.6. The second-order valence-electron chi connectivity index (χ2n) is 5.17. The van der Waals surface area contributed by atoms with E-state index in [4.69, 9.17) is 0 Å². The Morgan fingerprint density at radius 2 is 1.67 bits per heavy atom. The van der Waals surface area contributed by atoms with Gasteiger partial charge in [-0.05, 0) is 26.7 Å². The van der Waals surface area contributed by atoms with Crippen molar-refractivity contribution < 1.29 is 46.5 Å². The van der Waals surface area contributed by atoms with Crippen LogP contribution in [-0.2, 0) is 21.7 Å². The second kappa shape index (κ2) is 7.92. The Kier molecular flexibility index (Phi) is 9.14. The van der Waals surface area contributed by atoms with Crippen LogP contribution in [0.1, 0.15) is 26.7 Å². The predicted octanol–water partition coefficient (Wildman–Crippen LogP) is -1.67. The Bertz CT molecular complexity index is 418. The van der Waals surface area contributed by atoms with Crippen molar-refractivity contribution in [2.45, 2.75) is 39.8 Å². The van der Waals surface area contributed by atoms with Gasteiger partial charge in [0.25, 0.3) is 0 Å². The molecule has 98 valence electrons. The molecule has 2 aliphatic carbocycles. The van der Waals surface area contributed by atoms with Crippen molar-refractivity contribution in [2.75, 3.05) is 0 Å². The Labute approximate surface area is 139 Å². The molecule has 0 unspecified atom stereocenters. The number of hydrogen-bond donors (Lipinski definition) is 0. The first-order chi connectivity index (χ1) is 7.03. The summed E-state index contributed by atoms with van der Waals surface area (Å²) in [6.45, 7) is 9.54. The van der Waals surface area contributed by atoms with E-state index < -0.39 is 8.07 Å². The number of halogens is 2. The first-order valence-electron chi connectivity index (χ1n) is 5.78. The number of hydrogen-bond acceptors (Lipinski definition) is 0. The minimum atomic E-state index is -1.38. The molecule has 0 aromatic heterocycles. The van der Waals surface area contributed by atoms with Crippen molar-refractivity contribution in [2.24, 2.45) is 0 Å². The molecule has 0 spiro atoms. The molecule has 0 aromatic rings. The normalized spacial score (nSPS) is 17.6. The van der Waals surface area contributed by atoms with Crippen molar-refractivity contribution >= 4 is 8.07 Å². The third-order valence-corrected chi connectivity index (χ3v) is 7.54. The van der Waals surface area contributed by atoms with Crippen LogP contribution in [0.2, 0.25) is 13.1 Å². The predicted molar refractivity (Wildman–Crippen MR) is 70.4 cm³/mol. The minimum Gasteiger partial charge on any atom is -1.00 e.